The summed E-state index contributed by atoms with van der Waals surface area (Å²) in [5.41, 5.74) is -0.526. The Morgan fingerprint density at radius 3 is 2.08 bits per heavy atom. The standard InChI is InChI=1S/C18H30N2O5/c1-18(2,3)25-17(23)20-11-7-14(8-12-20)16(22)24-13-15(21)19-9-5-4-6-10-19/h14H,4-13H2,1-3H3. The lowest BCUT2D eigenvalue weighted by Gasteiger charge is -2.32. The molecule has 0 aromatic carbocycles. The van der Waals surface area contributed by atoms with Crippen LogP contribution in [0, 0.1) is 5.92 Å². The minimum absolute atomic E-state index is 0.112. The molecular weight excluding hydrogens is 324 g/mol. The summed E-state index contributed by atoms with van der Waals surface area (Å²) in [7, 11) is 0. The SMILES string of the molecule is CC(C)(C)OC(=O)N1CCC(C(=O)OCC(=O)N2CCCCC2)CC1. The van der Waals surface area contributed by atoms with Gasteiger partial charge in [-0.1, -0.05) is 0 Å². The van der Waals surface area contributed by atoms with Gasteiger partial charge in [-0.05, 0) is 52.9 Å². The first-order chi connectivity index (χ1) is 11.8. The Labute approximate surface area is 149 Å². The number of carbonyl (C=O) groups is 3. The van der Waals surface area contributed by atoms with Crippen LogP contribution in [0.3, 0.4) is 0 Å². The Balaban J connectivity index is 1.70. The highest BCUT2D eigenvalue weighted by atomic mass is 16.6. The number of nitrogens with zero attached hydrogens (tertiary/aromatic N) is 2. The van der Waals surface area contributed by atoms with E-state index in [9.17, 15) is 14.4 Å². The number of carbonyl (C=O) groups excluding carboxylic acids is 3. The largest absolute Gasteiger partial charge is 0.455 e. The van der Waals surface area contributed by atoms with Gasteiger partial charge in [0.25, 0.3) is 5.91 Å². The maximum Gasteiger partial charge on any atom is 0.410 e. The van der Waals surface area contributed by atoms with Gasteiger partial charge in [0.05, 0.1) is 5.92 Å². The zero-order chi connectivity index (χ0) is 18.4. The lowest BCUT2D eigenvalue weighted by atomic mass is 9.97. The van der Waals surface area contributed by atoms with Gasteiger partial charge >= 0.3 is 12.1 Å². The predicted octanol–water partition coefficient (Wildman–Crippen LogP) is 2.19. The Hall–Kier alpha value is -1.79. The first-order valence-electron chi connectivity index (χ1n) is 9.18. The Morgan fingerprint density at radius 2 is 1.52 bits per heavy atom. The molecule has 2 rings (SSSR count). The third kappa shape index (κ3) is 6.21. The molecule has 0 saturated carbocycles. The molecule has 2 heterocycles. The second kappa shape index (κ2) is 8.54. The van der Waals surface area contributed by atoms with Gasteiger partial charge in [-0.15, -0.1) is 0 Å². The molecule has 0 aromatic heterocycles. The van der Waals surface area contributed by atoms with Crippen molar-refractivity contribution in [2.24, 2.45) is 5.92 Å². The van der Waals surface area contributed by atoms with E-state index in [2.05, 4.69) is 0 Å². The quantitative estimate of drug-likeness (QED) is 0.726. The third-order valence-electron chi connectivity index (χ3n) is 4.53. The van der Waals surface area contributed by atoms with E-state index in [4.69, 9.17) is 9.47 Å². The molecule has 7 heteroatoms. The van der Waals surface area contributed by atoms with Crippen molar-refractivity contribution in [3.8, 4) is 0 Å². The van der Waals surface area contributed by atoms with Crippen molar-refractivity contribution in [1.29, 1.82) is 0 Å². The fourth-order valence-electron chi connectivity index (χ4n) is 3.11. The molecule has 2 aliphatic heterocycles. The molecular formula is C18H30N2O5. The average molecular weight is 354 g/mol. The van der Waals surface area contributed by atoms with Crippen molar-refractivity contribution in [3.63, 3.8) is 0 Å². The van der Waals surface area contributed by atoms with Crippen LogP contribution in [0.2, 0.25) is 0 Å². The topological polar surface area (TPSA) is 76.1 Å². The Bertz CT molecular complexity index is 486. The molecule has 2 saturated heterocycles. The number of amides is 2. The normalized spacial score (nSPS) is 19.5. The fraction of sp³-hybridized carbons (Fsp3) is 0.833. The summed E-state index contributed by atoms with van der Waals surface area (Å²) in [5, 5.41) is 0. The van der Waals surface area contributed by atoms with Crippen LogP contribution in [0.1, 0.15) is 52.9 Å². The van der Waals surface area contributed by atoms with Crippen LogP contribution in [0.4, 0.5) is 4.79 Å². The summed E-state index contributed by atoms with van der Waals surface area (Å²) in [5.74, 6) is -0.707. The van der Waals surface area contributed by atoms with Gasteiger partial charge in [0.2, 0.25) is 0 Å². The van der Waals surface area contributed by atoms with Crippen LogP contribution in [0.15, 0.2) is 0 Å². The molecule has 0 atom stereocenters. The second-order valence-electron chi connectivity index (χ2n) is 7.79. The zero-order valence-corrected chi connectivity index (χ0v) is 15.6. The molecule has 0 bridgehead atoms. The van der Waals surface area contributed by atoms with E-state index in [0.29, 0.717) is 25.9 Å². The van der Waals surface area contributed by atoms with Gasteiger partial charge < -0.3 is 19.3 Å². The van der Waals surface area contributed by atoms with E-state index in [1.54, 1.807) is 9.80 Å². The van der Waals surface area contributed by atoms with Crippen molar-refractivity contribution in [1.82, 2.24) is 9.80 Å². The lowest BCUT2D eigenvalue weighted by Crippen LogP contribution is -2.43. The summed E-state index contributed by atoms with van der Waals surface area (Å²) in [6.45, 7) is 7.75. The van der Waals surface area contributed by atoms with Crippen molar-refractivity contribution in [2.45, 2.75) is 58.5 Å². The highest BCUT2D eigenvalue weighted by molar-refractivity contribution is 5.81. The minimum atomic E-state index is -0.526. The summed E-state index contributed by atoms with van der Waals surface area (Å²) < 4.78 is 10.5. The smallest absolute Gasteiger partial charge is 0.410 e. The predicted molar refractivity (Wildman–Crippen MR) is 91.9 cm³/mol. The van der Waals surface area contributed by atoms with Crippen molar-refractivity contribution >= 4 is 18.0 Å². The highest BCUT2D eigenvalue weighted by Crippen LogP contribution is 2.21. The van der Waals surface area contributed by atoms with Gasteiger partial charge in [0, 0.05) is 26.2 Å². The van der Waals surface area contributed by atoms with E-state index in [-0.39, 0.29) is 30.5 Å². The molecule has 2 amide bonds. The Morgan fingerprint density at radius 1 is 0.920 bits per heavy atom. The van der Waals surface area contributed by atoms with Gasteiger partial charge in [-0.3, -0.25) is 9.59 Å². The van der Waals surface area contributed by atoms with Gasteiger partial charge in [-0.25, -0.2) is 4.79 Å². The lowest BCUT2D eigenvalue weighted by molar-refractivity contribution is -0.157. The second-order valence-corrected chi connectivity index (χ2v) is 7.79. The van der Waals surface area contributed by atoms with Crippen LogP contribution < -0.4 is 0 Å². The number of rotatable bonds is 3. The maximum atomic E-state index is 12.2. The zero-order valence-electron chi connectivity index (χ0n) is 15.6. The van der Waals surface area contributed by atoms with E-state index >= 15 is 0 Å². The average Bonchev–Trinajstić information content (AvgIpc) is 2.58. The number of hydrogen-bond acceptors (Lipinski definition) is 5. The molecule has 0 aromatic rings. The highest BCUT2D eigenvalue weighted by Gasteiger charge is 2.31. The van der Waals surface area contributed by atoms with Crippen LogP contribution in [-0.4, -0.2) is 66.2 Å². The van der Waals surface area contributed by atoms with Gasteiger partial charge in [0.15, 0.2) is 6.61 Å². The molecule has 0 radical (unpaired) electrons. The summed E-state index contributed by atoms with van der Waals surface area (Å²) >= 11 is 0. The van der Waals surface area contributed by atoms with Crippen LogP contribution in [-0.2, 0) is 19.1 Å². The van der Waals surface area contributed by atoms with Crippen LogP contribution in [0.25, 0.3) is 0 Å². The Kier molecular flexibility index (Phi) is 6.67. The summed E-state index contributed by atoms with van der Waals surface area (Å²) in [6, 6.07) is 0. The molecule has 2 fully saturated rings. The van der Waals surface area contributed by atoms with Crippen molar-refractivity contribution in [3.05, 3.63) is 0 Å². The van der Waals surface area contributed by atoms with E-state index in [1.165, 1.54) is 0 Å². The number of ether oxygens (including phenoxy) is 2. The molecule has 0 spiro atoms. The maximum absolute atomic E-state index is 12.2. The third-order valence-corrected chi connectivity index (χ3v) is 4.53. The van der Waals surface area contributed by atoms with E-state index in [0.717, 1.165) is 32.4 Å². The number of piperidine rings is 2. The monoisotopic (exact) mass is 354 g/mol. The summed E-state index contributed by atoms with van der Waals surface area (Å²) in [4.78, 5) is 39.6. The molecule has 0 aliphatic carbocycles. The van der Waals surface area contributed by atoms with Crippen molar-refractivity contribution < 1.29 is 23.9 Å². The van der Waals surface area contributed by atoms with Crippen LogP contribution >= 0.6 is 0 Å². The molecule has 142 valence electrons. The number of hydrogen-bond donors (Lipinski definition) is 0. The first-order valence-corrected chi connectivity index (χ1v) is 9.18. The molecule has 0 N–H and O–H groups in total. The first kappa shape index (κ1) is 19.5. The van der Waals surface area contributed by atoms with Gasteiger partial charge in [0.1, 0.15) is 5.60 Å². The van der Waals surface area contributed by atoms with E-state index < -0.39 is 5.60 Å². The molecule has 2 aliphatic rings. The molecule has 25 heavy (non-hydrogen) atoms. The molecule has 0 unspecified atom stereocenters. The van der Waals surface area contributed by atoms with Crippen LogP contribution in [0.5, 0.6) is 0 Å². The molecule has 7 nitrogen and oxygen atoms in total. The van der Waals surface area contributed by atoms with Crippen molar-refractivity contribution in [2.75, 3.05) is 32.8 Å². The fourth-order valence-corrected chi connectivity index (χ4v) is 3.11. The number of likely N-dealkylation sites (tertiary alicyclic amines) is 2. The minimum Gasteiger partial charge on any atom is -0.455 e. The number of esters is 1. The van der Waals surface area contributed by atoms with Gasteiger partial charge in [-0.2, -0.15) is 0 Å². The summed E-state index contributed by atoms with van der Waals surface area (Å²) in [6.07, 6.45) is 3.91. The van der Waals surface area contributed by atoms with E-state index in [1.807, 2.05) is 20.8 Å².